The number of hydrogen-bond acceptors (Lipinski definition) is 0. The van der Waals surface area contributed by atoms with Crippen LogP contribution in [0.5, 0.6) is 0 Å². The van der Waals surface area contributed by atoms with Gasteiger partial charge in [-0.05, 0) is 0 Å². The zero-order valence-electron chi connectivity index (χ0n) is 5.37. The molecule has 0 radical (unpaired) electrons. The van der Waals surface area contributed by atoms with Gasteiger partial charge in [0.1, 0.15) is 0 Å². The van der Waals surface area contributed by atoms with E-state index in [4.69, 9.17) is 0 Å². The Kier molecular flexibility index (Phi) is 2.33. The van der Waals surface area contributed by atoms with E-state index < -0.39 is 0 Å². The molecule has 1 aromatic carbocycles. The molecule has 1 aromatic rings. The van der Waals surface area contributed by atoms with Crippen LogP contribution in [0.25, 0.3) is 0 Å². The Labute approximate surface area is 64.3 Å². The molecule has 47 valence electrons. The van der Waals surface area contributed by atoms with Crippen molar-refractivity contribution in [2.45, 2.75) is 11.7 Å². The molecule has 0 aliphatic heterocycles. The molecule has 0 saturated carbocycles. The van der Waals surface area contributed by atoms with E-state index >= 15 is 0 Å². The molecule has 1 atom stereocenters. The molecule has 9 heavy (non-hydrogen) atoms. The van der Waals surface area contributed by atoms with Crippen LogP contribution < -0.4 is 0 Å². The monoisotopic (exact) mass is 157 g/mol. The molecule has 1 rings (SSSR count). The minimum absolute atomic E-state index is 0.534. The fourth-order valence-electron chi connectivity index (χ4n) is 0.724. The van der Waals surface area contributed by atoms with Crippen LogP contribution in [0.3, 0.4) is 0 Å². The van der Waals surface area contributed by atoms with Gasteiger partial charge in [0.25, 0.3) is 0 Å². The summed E-state index contributed by atoms with van der Waals surface area (Å²) in [5.41, 5.74) is 1.36. The van der Waals surface area contributed by atoms with Crippen molar-refractivity contribution in [3.63, 3.8) is 0 Å². The second-order valence-electron chi connectivity index (χ2n) is 2.05. The van der Waals surface area contributed by atoms with E-state index in [1.54, 1.807) is 0 Å². The van der Waals surface area contributed by atoms with E-state index in [0.29, 0.717) is 4.78 Å². The third kappa shape index (κ3) is 1.86. The Hall–Kier alpha value is -0.248. The molecule has 1 heteroatoms. The van der Waals surface area contributed by atoms with E-state index in [2.05, 4.69) is 47.5 Å². The third-order valence-electron chi connectivity index (χ3n) is 1.27. The molecule has 0 amide bonds. The van der Waals surface area contributed by atoms with E-state index in [1.807, 2.05) is 6.07 Å². The van der Waals surface area contributed by atoms with Crippen LogP contribution in [0.1, 0.15) is 17.3 Å². The third-order valence-corrected chi connectivity index (χ3v) is 1.69. The summed E-state index contributed by atoms with van der Waals surface area (Å²) in [6.07, 6.45) is 0. The standard InChI is InChI=1S/C8H9.Cr/c1-2-8-6-4-3-5-7-8;/h2-7H,1H3;. The molecule has 0 heterocycles. The fraction of sp³-hybridized carbons (Fsp3) is 0.250. The van der Waals surface area contributed by atoms with Crippen molar-refractivity contribution in [1.29, 1.82) is 0 Å². The second kappa shape index (κ2) is 3.06. The van der Waals surface area contributed by atoms with Crippen LogP contribution in [-0.2, 0) is 16.3 Å². The average Bonchev–Trinajstić information content (AvgIpc) is 1.90. The first kappa shape index (κ1) is 6.87. The van der Waals surface area contributed by atoms with Gasteiger partial charge in [0.15, 0.2) is 0 Å². The second-order valence-corrected chi connectivity index (χ2v) is 3.16. The van der Waals surface area contributed by atoms with Gasteiger partial charge < -0.3 is 0 Å². The Balaban J connectivity index is 2.85. The molecule has 0 aliphatic carbocycles. The van der Waals surface area contributed by atoms with Crippen molar-refractivity contribution in [1.82, 2.24) is 0 Å². The maximum absolute atomic E-state index is 3.06. The van der Waals surface area contributed by atoms with Crippen LogP contribution in [-0.4, -0.2) is 0 Å². The topological polar surface area (TPSA) is 0 Å². The first-order valence-corrected chi connectivity index (χ1v) is 3.75. The van der Waals surface area contributed by atoms with Crippen molar-refractivity contribution in [3.05, 3.63) is 35.9 Å². The average molecular weight is 157 g/mol. The molecule has 0 fully saturated rings. The molecule has 0 saturated heterocycles. The molecule has 0 aliphatic rings. The van der Waals surface area contributed by atoms with Gasteiger partial charge in [-0.15, -0.1) is 0 Å². The first-order chi connectivity index (χ1) is 4.30. The Bertz CT molecular complexity index is 167. The molecule has 0 aromatic heterocycles. The zero-order chi connectivity index (χ0) is 6.69. The predicted molar refractivity (Wildman–Crippen MR) is 34.9 cm³/mol. The van der Waals surface area contributed by atoms with Crippen molar-refractivity contribution in [2.24, 2.45) is 0 Å². The van der Waals surface area contributed by atoms with Gasteiger partial charge in [-0.2, -0.15) is 0 Å². The van der Waals surface area contributed by atoms with E-state index in [1.165, 1.54) is 5.56 Å². The normalized spacial score (nSPS) is 13.0. The van der Waals surface area contributed by atoms with Crippen LogP contribution in [0.2, 0.25) is 0 Å². The quantitative estimate of drug-likeness (QED) is 0.586. The summed E-state index contributed by atoms with van der Waals surface area (Å²) in [5, 5.41) is 0. The van der Waals surface area contributed by atoms with Gasteiger partial charge in [-0.25, -0.2) is 0 Å². The van der Waals surface area contributed by atoms with Crippen LogP contribution in [0, 0.1) is 0 Å². The zero-order valence-corrected chi connectivity index (χ0v) is 6.65. The molecular weight excluding hydrogens is 148 g/mol. The SMILES string of the molecule is C[CH]([Cr])c1ccccc1. The molecule has 0 N–H and O–H groups in total. The van der Waals surface area contributed by atoms with Crippen molar-refractivity contribution in [3.8, 4) is 0 Å². The minimum atomic E-state index is 0.534. The Morgan fingerprint density at radius 3 is 2.11 bits per heavy atom. The number of rotatable bonds is 1. The fourth-order valence-corrected chi connectivity index (χ4v) is 0.969. The van der Waals surface area contributed by atoms with Gasteiger partial charge in [-0.1, -0.05) is 0 Å². The maximum atomic E-state index is 3.06. The van der Waals surface area contributed by atoms with Crippen LogP contribution in [0.15, 0.2) is 30.3 Å². The van der Waals surface area contributed by atoms with E-state index in [9.17, 15) is 0 Å². The summed E-state index contributed by atoms with van der Waals surface area (Å²) in [6.45, 7) is 2.15. The summed E-state index contributed by atoms with van der Waals surface area (Å²) < 4.78 is 0.534. The molecular formula is C8H9Cr. The summed E-state index contributed by atoms with van der Waals surface area (Å²) in [4.78, 5) is 0. The van der Waals surface area contributed by atoms with Gasteiger partial charge in [0.05, 0.1) is 0 Å². The Morgan fingerprint density at radius 2 is 1.78 bits per heavy atom. The van der Waals surface area contributed by atoms with Crippen LogP contribution in [0.4, 0.5) is 0 Å². The van der Waals surface area contributed by atoms with Crippen molar-refractivity contribution >= 4 is 0 Å². The Morgan fingerprint density at radius 1 is 1.22 bits per heavy atom. The van der Waals surface area contributed by atoms with Gasteiger partial charge in [0.2, 0.25) is 0 Å². The molecule has 0 spiro atoms. The number of benzene rings is 1. The summed E-state index contributed by atoms with van der Waals surface area (Å²) in [5.74, 6) is 0. The van der Waals surface area contributed by atoms with Gasteiger partial charge in [0, 0.05) is 0 Å². The summed E-state index contributed by atoms with van der Waals surface area (Å²) in [7, 11) is 0. The van der Waals surface area contributed by atoms with E-state index in [-0.39, 0.29) is 0 Å². The van der Waals surface area contributed by atoms with Crippen molar-refractivity contribution < 1.29 is 16.3 Å². The molecule has 0 nitrogen and oxygen atoms in total. The first-order valence-electron chi connectivity index (χ1n) is 3.01. The predicted octanol–water partition coefficient (Wildman–Crippen LogP) is 2.29. The molecule has 1 unspecified atom stereocenters. The van der Waals surface area contributed by atoms with Crippen molar-refractivity contribution in [2.75, 3.05) is 0 Å². The summed E-state index contributed by atoms with van der Waals surface area (Å²) >= 11 is 3.06. The summed E-state index contributed by atoms with van der Waals surface area (Å²) in [6, 6.07) is 10.4. The van der Waals surface area contributed by atoms with E-state index in [0.717, 1.165) is 0 Å². The number of hydrogen-bond donors (Lipinski definition) is 0. The van der Waals surface area contributed by atoms with Crippen LogP contribution >= 0.6 is 0 Å². The molecule has 0 bridgehead atoms. The van der Waals surface area contributed by atoms with Gasteiger partial charge in [-0.3, -0.25) is 0 Å². The van der Waals surface area contributed by atoms with Gasteiger partial charge >= 0.3 is 63.9 Å².